The van der Waals surface area contributed by atoms with Gasteiger partial charge in [-0.25, -0.2) is 9.97 Å². The average molecular weight is 612 g/mol. The highest BCUT2D eigenvalue weighted by Gasteiger charge is 2.52. The van der Waals surface area contributed by atoms with Crippen molar-refractivity contribution in [1.82, 2.24) is 15.0 Å². The zero-order valence-electron chi connectivity index (χ0n) is 25.7. The van der Waals surface area contributed by atoms with E-state index < -0.39 is 5.41 Å². The van der Waals surface area contributed by atoms with Gasteiger partial charge in [-0.1, -0.05) is 109 Å². The number of para-hydroxylation sites is 1. The van der Waals surface area contributed by atoms with E-state index in [9.17, 15) is 0 Å². The van der Waals surface area contributed by atoms with E-state index in [1.165, 1.54) is 44.5 Å². The van der Waals surface area contributed by atoms with Gasteiger partial charge in [-0.2, -0.15) is 0 Å². The molecule has 48 heavy (non-hydrogen) atoms. The Morgan fingerprint density at radius 2 is 1.15 bits per heavy atom. The molecule has 4 nitrogen and oxygen atoms in total. The first-order valence-corrected chi connectivity index (χ1v) is 16.3. The molecule has 0 unspecified atom stereocenters. The maximum atomic E-state index is 6.11. The van der Waals surface area contributed by atoms with Crippen molar-refractivity contribution in [3.8, 4) is 44.9 Å². The van der Waals surface area contributed by atoms with Gasteiger partial charge in [0.1, 0.15) is 11.1 Å². The molecule has 0 bridgehead atoms. The van der Waals surface area contributed by atoms with Gasteiger partial charge in [0.2, 0.25) is 0 Å². The Kier molecular flexibility index (Phi) is 5.01. The third kappa shape index (κ3) is 3.21. The molecule has 1 spiro atoms. The molecule has 2 aliphatic rings. The molecule has 0 N–H and O–H groups in total. The van der Waals surface area contributed by atoms with E-state index in [-0.39, 0.29) is 0 Å². The summed E-state index contributed by atoms with van der Waals surface area (Å²) in [6.45, 7) is 0. The van der Waals surface area contributed by atoms with Crippen LogP contribution in [0.5, 0.6) is 0 Å². The van der Waals surface area contributed by atoms with Gasteiger partial charge in [0.15, 0.2) is 11.4 Å². The molecule has 3 aromatic heterocycles. The maximum Gasteiger partial charge on any atom is 0.161 e. The lowest BCUT2D eigenvalue weighted by Crippen LogP contribution is -2.25. The van der Waals surface area contributed by atoms with E-state index in [4.69, 9.17) is 14.4 Å². The molecule has 0 atom stereocenters. The quantitative estimate of drug-likeness (QED) is 0.195. The Hall–Kier alpha value is -6.39. The highest BCUT2D eigenvalue weighted by Crippen LogP contribution is 2.63. The largest absolute Gasteiger partial charge is 0.454 e. The normalized spacial score (nSPS) is 13.6. The van der Waals surface area contributed by atoms with Crippen LogP contribution >= 0.6 is 0 Å². The van der Waals surface area contributed by atoms with Crippen molar-refractivity contribution >= 4 is 33.0 Å². The molecule has 0 saturated heterocycles. The van der Waals surface area contributed by atoms with Crippen LogP contribution < -0.4 is 0 Å². The number of hydrogen-bond donors (Lipinski definition) is 0. The van der Waals surface area contributed by atoms with Crippen LogP contribution in [0.1, 0.15) is 22.3 Å². The van der Waals surface area contributed by atoms with Gasteiger partial charge < -0.3 is 4.42 Å². The van der Waals surface area contributed by atoms with E-state index in [1.807, 2.05) is 30.5 Å². The minimum absolute atomic E-state index is 0.421. The molecular weight excluding hydrogens is 587 g/mol. The number of nitrogens with zero attached hydrogens (tertiary/aromatic N) is 3. The third-order valence-corrected chi connectivity index (χ3v) is 10.4. The van der Waals surface area contributed by atoms with Gasteiger partial charge in [-0.05, 0) is 80.9 Å². The van der Waals surface area contributed by atoms with Crippen LogP contribution in [0.25, 0.3) is 77.9 Å². The number of pyridine rings is 1. The molecule has 222 valence electrons. The standard InChI is InChI=1S/C44H25N3O/c1-5-16-33-27(11-1)28-12-2-6-17-34(28)44(33)35-18-7-3-13-29(35)40-31(15-9-19-36(40)44)43-46-37-20-8-4-14-30(37)41(47-43)26-22-23-38-32(25-26)42-39(48-38)21-10-24-45-42/h1-25H. The van der Waals surface area contributed by atoms with Gasteiger partial charge in [-0.15, -0.1) is 0 Å². The third-order valence-electron chi connectivity index (χ3n) is 10.4. The number of benzene rings is 6. The second kappa shape index (κ2) is 9.34. The molecular formula is C44H25N3O. The molecule has 0 amide bonds. The van der Waals surface area contributed by atoms with Gasteiger partial charge in [0.05, 0.1) is 16.6 Å². The summed E-state index contributed by atoms with van der Waals surface area (Å²) in [7, 11) is 0. The predicted molar refractivity (Wildman–Crippen MR) is 192 cm³/mol. The molecule has 0 radical (unpaired) electrons. The molecule has 0 saturated carbocycles. The van der Waals surface area contributed by atoms with Gasteiger partial charge in [0.25, 0.3) is 0 Å². The molecule has 6 aromatic carbocycles. The van der Waals surface area contributed by atoms with E-state index >= 15 is 0 Å². The second-order valence-corrected chi connectivity index (χ2v) is 12.7. The Morgan fingerprint density at radius 1 is 0.479 bits per heavy atom. The molecule has 2 aliphatic carbocycles. The van der Waals surface area contributed by atoms with Crippen LogP contribution in [-0.2, 0) is 5.41 Å². The SMILES string of the molecule is c1ccc2c(c1)-c1ccccc1C21c2ccccc2-c2c(-c3nc(-c4ccc5oc6cccnc6c5c4)c4ccccc4n3)cccc21. The minimum atomic E-state index is -0.421. The summed E-state index contributed by atoms with van der Waals surface area (Å²) >= 11 is 0. The Labute approximate surface area is 276 Å². The lowest BCUT2D eigenvalue weighted by Gasteiger charge is -2.30. The summed E-state index contributed by atoms with van der Waals surface area (Å²) in [6, 6.07) is 51.8. The van der Waals surface area contributed by atoms with E-state index in [1.54, 1.807) is 0 Å². The summed E-state index contributed by atoms with van der Waals surface area (Å²) in [4.78, 5) is 15.3. The van der Waals surface area contributed by atoms with Crippen LogP contribution in [-0.4, -0.2) is 15.0 Å². The predicted octanol–water partition coefficient (Wildman–Crippen LogP) is 10.6. The highest BCUT2D eigenvalue weighted by molar-refractivity contribution is 6.06. The summed E-state index contributed by atoms with van der Waals surface area (Å²) in [5.41, 5.74) is 16.1. The summed E-state index contributed by atoms with van der Waals surface area (Å²) in [5, 5.41) is 1.98. The van der Waals surface area contributed by atoms with Crippen molar-refractivity contribution in [2.75, 3.05) is 0 Å². The van der Waals surface area contributed by atoms with Crippen LogP contribution in [0.2, 0.25) is 0 Å². The second-order valence-electron chi connectivity index (χ2n) is 12.7. The lowest BCUT2D eigenvalue weighted by atomic mass is 9.70. The number of hydrogen-bond acceptors (Lipinski definition) is 4. The van der Waals surface area contributed by atoms with Crippen molar-refractivity contribution in [1.29, 1.82) is 0 Å². The summed E-state index contributed by atoms with van der Waals surface area (Å²) in [6.07, 6.45) is 1.81. The summed E-state index contributed by atoms with van der Waals surface area (Å²) in [5.74, 6) is 0.710. The first kappa shape index (κ1) is 25.8. The zero-order chi connectivity index (χ0) is 31.4. The van der Waals surface area contributed by atoms with Gasteiger partial charge in [0, 0.05) is 28.1 Å². The van der Waals surface area contributed by atoms with Crippen molar-refractivity contribution in [2.45, 2.75) is 5.41 Å². The van der Waals surface area contributed by atoms with Crippen molar-refractivity contribution in [3.63, 3.8) is 0 Å². The van der Waals surface area contributed by atoms with Crippen molar-refractivity contribution in [3.05, 3.63) is 174 Å². The van der Waals surface area contributed by atoms with Crippen molar-refractivity contribution < 1.29 is 4.42 Å². The maximum absolute atomic E-state index is 6.11. The first-order valence-electron chi connectivity index (χ1n) is 16.3. The topological polar surface area (TPSA) is 51.8 Å². The number of furan rings is 1. The fourth-order valence-corrected chi connectivity index (χ4v) is 8.49. The van der Waals surface area contributed by atoms with Crippen LogP contribution in [0.3, 0.4) is 0 Å². The van der Waals surface area contributed by atoms with E-state index in [0.717, 1.165) is 49.8 Å². The van der Waals surface area contributed by atoms with Crippen LogP contribution in [0.4, 0.5) is 0 Å². The van der Waals surface area contributed by atoms with Crippen molar-refractivity contribution in [2.24, 2.45) is 0 Å². The first-order chi connectivity index (χ1) is 23.8. The monoisotopic (exact) mass is 611 g/mol. The van der Waals surface area contributed by atoms with Gasteiger partial charge in [-0.3, -0.25) is 4.98 Å². The highest BCUT2D eigenvalue weighted by atomic mass is 16.3. The molecule has 0 aliphatic heterocycles. The number of rotatable bonds is 2. The molecule has 3 heterocycles. The molecule has 9 aromatic rings. The smallest absolute Gasteiger partial charge is 0.161 e. The van der Waals surface area contributed by atoms with Crippen LogP contribution in [0, 0.1) is 0 Å². The van der Waals surface area contributed by atoms with E-state index in [2.05, 4.69) is 126 Å². The molecule has 11 rings (SSSR count). The average Bonchev–Trinajstić information content (AvgIpc) is 3.78. The Morgan fingerprint density at radius 3 is 1.96 bits per heavy atom. The fourth-order valence-electron chi connectivity index (χ4n) is 8.49. The molecule has 0 fully saturated rings. The van der Waals surface area contributed by atoms with Crippen LogP contribution in [0.15, 0.2) is 156 Å². The lowest BCUT2D eigenvalue weighted by molar-refractivity contribution is 0.668. The number of fused-ring (bicyclic) bond motifs is 14. The fraction of sp³-hybridized carbons (Fsp3) is 0.0227. The molecule has 4 heteroatoms. The summed E-state index contributed by atoms with van der Waals surface area (Å²) < 4.78 is 6.11. The zero-order valence-corrected chi connectivity index (χ0v) is 25.7. The van der Waals surface area contributed by atoms with Gasteiger partial charge >= 0.3 is 0 Å². The number of aromatic nitrogens is 3. The minimum Gasteiger partial charge on any atom is -0.454 e. The van der Waals surface area contributed by atoms with E-state index in [0.29, 0.717) is 5.82 Å². The Bertz CT molecular complexity index is 2770. The Balaban J connectivity index is 1.20.